The fourth-order valence-corrected chi connectivity index (χ4v) is 2.13. The van der Waals surface area contributed by atoms with Gasteiger partial charge in [0.2, 0.25) is 0 Å². The molecule has 1 N–H and O–H groups in total. The lowest BCUT2D eigenvalue weighted by Gasteiger charge is -2.14. The van der Waals surface area contributed by atoms with Gasteiger partial charge in [-0.1, -0.05) is 24.3 Å². The van der Waals surface area contributed by atoms with Crippen molar-refractivity contribution in [1.29, 1.82) is 0 Å². The van der Waals surface area contributed by atoms with Crippen LogP contribution in [0.25, 0.3) is 0 Å². The predicted octanol–water partition coefficient (Wildman–Crippen LogP) is 3.86. The zero-order chi connectivity index (χ0) is 14.0. The van der Waals surface area contributed by atoms with Gasteiger partial charge in [0.15, 0.2) is 0 Å². The molecule has 3 heteroatoms. The number of aliphatic hydroxyl groups is 1. The standard InChI is InChI=1S/C16H16F2O/c1-10-4-3-5-14(16(10)18)15(19)9-12-6-7-13(17)8-11(12)2/h3-8,15,19H,9H2,1-2H3. The summed E-state index contributed by atoms with van der Waals surface area (Å²) in [6.07, 6.45) is -0.656. The third-order valence-corrected chi connectivity index (χ3v) is 3.30. The average molecular weight is 262 g/mol. The van der Waals surface area contributed by atoms with E-state index in [2.05, 4.69) is 0 Å². The van der Waals surface area contributed by atoms with Crippen LogP contribution in [0.2, 0.25) is 0 Å². The molecule has 0 amide bonds. The molecule has 1 nitrogen and oxygen atoms in total. The highest BCUT2D eigenvalue weighted by Crippen LogP contribution is 2.24. The third-order valence-electron chi connectivity index (χ3n) is 3.30. The normalized spacial score (nSPS) is 12.5. The van der Waals surface area contributed by atoms with Gasteiger partial charge >= 0.3 is 0 Å². The van der Waals surface area contributed by atoms with Gasteiger partial charge in [-0.3, -0.25) is 0 Å². The lowest BCUT2D eigenvalue weighted by Crippen LogP contribution is -2.06. The number of halogens is 2. The topological polar surface area (TPSA) is 20.2 Å². The van der Waals surface area contributed by atoms with Crippen LogP contribution in [0.4, 0.5) is 8.78 Å². The molecule has 1 unspecified atom stereocenters. The van der Waals surface area contributed by atoms with E-state index in [1.807, 2.05) is 0 Å². The zero-order valence-electron chi connectivity index (χ0n) is 11.0. The van der Waals surface area contributed by atoms with Crippen LogP contribution in [0, 0.1) is 25.5 Å². The lowest BCUT2D eigenvalue weighted by molar-refractivity contribution is 0.173. The molecule has 0 aliphatic heterocycles. The van der Waals surface area contributed by atoms with Gasteiger partial charge in [-0.05, 0) is 42.7 Å². The number of aliphatic hydroxyl groups excluding tert-OH is 1. The largest absolute Gasteiger partial charge is 0.388 e. The van der Waals surface area contributed by atoms with Crippen LogP contribution < -0.4 is 0 Å². The molecule has 19 heavy (non-hydrogen) atoms. The smallest absolute Gasteiger partial charge is 0.131 e. The highest BCUT2D eigenvalue weighted by Gasteiger charge is 2.15. The van der Waals surface area contributed by atoms with E-state index in [1.54, 1.807) is 38.1 Å². The summed E-state index contributed by atoms with van der Waals surface area (Å²) >= 11 is 0. The molecule has 0 aromatic heterocycles. The molecule has 2 aromatic carbocycles. The Hall–Kier alpha value is -1.74. The van der Waals surface area contributed by atoms with Crippen molar-refractivity contribution in [2.24, 2.45) is 0 Å². The van der Waals surface area contributed by atoms with E-state index in [4.69, 9.17) is 0 Å². The Kier molecular flexibility index (Phi) is 3.96. The van der Waals surface area contributed by atoms with Crippen molar-refractivity contribution in [3.05, 3.63) is 70.3 Å². The number of rotatable bonds is 3. The third kappa shape index (κ3) is 2.99. The second-order valence-corrected chi connectivity index (χ2v) is 4.77. The Balaban J connectivity index is 2.25. The van der Waals surface area contributed by atoms with Crippen LogP contribution in [-0.4, -0.2) is 5.11 Å². The van der Waals surface area contributed by atoms with E-state index in [-0.39, 0.29) is 23.6 Å². The molecule has 0 aliphatic rings. The summed E-state index contributed by atoms with van der Waals surface area (Å²) in [6.45, 7) is 3.44. The fraction of sp³-hybridized carbons (Fsp3) is 0.250. The zero-order valence-corrected chi connectivity index (χ0v) is 11.0. The van der Waals surface area contributed by atoms with E-state index >= 15 is 0 Å². The minimum atomic E-state index is -0.927. The molecule has 0 heterocycles. The van der Waals surface area contributed by atoms with Crippen LogP contribution in [0.1, 0.15) is 28.4 Å². The summed E-state index contributed by atoms with van der Waals surface area (Å²) < 4.78 is 26.9. The summed E-state index contributed by atoms with van der Waals surface area (Å²) in [4.78, 5) is 0. The van der Waals surface area contributed by atoms with E-state index in [9.17, 15) is 13.9 Å². The molecule has 1 atom stereocenters. The second kappa shape index (κ2) is 5.49. The maximum atomic E-state index is 13.9. The lowest BCUT2D eigenvalue weighted by atomic mass is 9.97. The van der Waals surface area contributed by atoms with Crippen molar-refractivity contribution in [3.8, 4) is 0 Å². The summed E-state index contributed by atoms with van der Waals surface area (Å²) in [5.74, 6) is -0.688. The Morgan fingerprint density at radius 3 is 2.47 bits per heavy atom. The number of hydrogen-bond acceptors (Lipinski definition) is 1. The summed E-state index contributed by atoms with van der Waals surface area (Å²) in [5, 5.41) is 10.1. The molecule has 0 saturated heterocycles. The fourth-order valence-electron chi connectivity index (χ4n) is 2.13. The van der Waals surface area contributed by atoms with Crippen LogP contribution in [0.15, 0.2) is 36.4 Å². The predicted molar refractivity (Wildman–Crippen MR) is 70.9 cm³/mol. The summed E-state index contributed by atoms with van der Waals surface area (Å²) in [5.41, 5.74) is 2.36. The van der Waals surface area contributed by atoms with Crippen LogP contribution in [0.5, 0.6) is 0 Å². The molecule has 0 bridgehead atoms. The molecule has 0 radical (unpaired) electrons. The number of aryl methyl sites for hydroxylation is 2. The van der Waals surface area contributed by atoms with Crippen molar-refractivity contribution < 1.29 is 13.9 Å². The molecule has 0 fully saturated rings. The molecular weight excluding hydrogens is 246 g/mol. The molecule has 2 aromatic rings. The quantitative estimate of drug-likeness (QED) is 0.890. The SMILES string of the molecule is Cc1cc(F)ccc1CC(O)c1cccc(C)c1F. The molecule has 0 saturated carbocycles. The van der Waals surface area contributed by atoms with E-state index in [1.165, 1.54) is 12.1 Å². The van der Waals surface area contributed by atoms with Gasteiger partial charge in [0.1, 0.15) is 11.6 Å². The van der Waals surface area contributed by atoms with Crippen LogP contribution in [0.3, 0.4) is 0 Å². The van der Waals surface area contributed by atoms with Gasteiger partial charge in [0.05, 0.1) is 6.10 Å². The molecule has 100 valence electrons. The first-order valence-corrected chi connectivity index (χ1v) is 6.17. The minimum Gasteiger partial charge on any atom is -0.388 e. The van der Waals surface area contributed by atoms with E-state index in [0.29, 0.717) is 5.56 Å². The molecule has 0 aliphatic carbocycles. The van der Waals surface area contributed by atoms with Crippen molar-refractivity contribution in [2.45, 2.75) is 26.4 Å². The first-order chi connectivity index (χ1) is 8.99. The second-order valence-electron chi connectivity index (χ2n) is 4.77. The van der Waals surface area contributed by atoms with Gasteiger partial charge in [-0.25, -0.2) is 8.78 Å². The molecule has 0 spiro atoms. The number of benzene rings is 2. The molecule has 2 rings (SSSR count). The number of hydrogen-bond donors (Lipinski definition) is 1. The summed E-state index contributed by atoms with van der Waals surface area (Å²) in [6, 6.07) is 9.34. The van der Waals surface area contributed by atoms with Crippen molar-refractivity contribution >= 4 is 0 Å². The van der Waals surface area contributed by atoms with Gasteiger partial charge in [-0.15, -0.1) is 0 Å². The van der Waals surface area contributed by atoms with Crippen LogP contribution >= 0.6 is 0 Å². The van der Waals surface area contributed by atoms with Gasteiger partial charge in [0, 0.05) is 12.0 Å². The molecular formula is C16H16F2O. The van der Waals surface area contributed by atoms with Crippen LogP contribution in [-0.2, 0) is 6.42 Å². The van der Waals surface area contributed by atoms with Crippen molar-refractivity contribution in [3.63, 3.8) is 0 Å². The van der Waals surface area contributed by atoms with Gasteiger partial charge in [0.25, 0.3) is 0 Å². The Labute approximate surface area is 111 Å². The monoisotopic (exact) mass is 262 g/mol. The van der Waals surface area contributed by atoms with Gasteiger partial charge < -0.3 is 5.11 Å². The Morgan fingerprint density at radius 2 is 1.79 bits per heavy atom. The summed E-state index contributed by atoms with van der Waals surface area (Å²) in [7, 11) is 0. The average Bonchev–Trinajstić information content (AvgIpc) is 2.36. The highest BCUT2D eigenvalue weighted by atomic mass is 19.1. The Bertz CT molecular complexity index is 593. The maximum absolute atomic E-state index is 13.9. The van der Waals surface area contributed by atoms with Gasteiger partial charge in [-0.2, -0.15) is 0 Å². The maximum Gasteiger partial charge on any atom is 0.131 e. The first-order valence-electron chi connectivity index (χ1n) is 6.17. The Morgan fingerprint density at radius 1 is 1.05 bits per heavy atom. The minimum absolute atomic E-state index is 0.270. The first kappa shape index (κ1) is 13.7. The van der Waals surface area contributed by atoms with Crippen molar-refractivity contribution in [2.75, 3.05) is 0 Å². The van der Waals surface area contributed by atoms with E-state index in [0.717, 1.165) is 11.1 Å². The van der Waals surface area contributed by atoms with Crippen molar-refractivity contribution in [1.82, 2.24) is 0 Å². The highest BCUT2D eigenvalue weighted by molar-refractivity contribution is 5.31. The van der Waals surface area contributed by atoms with E-state index < -0.39 is 6.10 Å².